The third-order valence-electron chi connectivity index (χ3n) is 3.80. The van der Waals surface area contributed by atoms with E-state index < -0.39 is 21.4 Å². The quantitative estimate of drug-likeness (QED) is 0.698. The number of hydrogen-bond donors (Lipinski definition) is 3. The number of nitrogens with one attached hydrogen (secondary N) is 1. The Kier molecular flexibility index (Phi) is 5.35. The molecule has 0 radical (unpaired) electrons. The molecule has 7 heteroatoms. The van der Waals surface area contributed by atoms with Crippen molar-refractivity contribution in [1.29, 1.82) is 0 Å². The van der Waals surface area contributed by atoms with Gasteiger partial charge in [0.2, 0.25) is 10.0 Å². The van der Waals surface area contributed by atoms with Crippen LogP contribution < -0.4 is 10.5 Å². The minimum atomic E-state index is -3.86. The van der Waals surface area contributed by atoms with Crippen molar-refractivity contribution in [3.05, 3.63) is 23.0 Å². The number of sulfonamides is 1. The normalized spacial score (nSPS) is 15.0. The summed E-state index contributed by atoms with van der Waals surface area (Å²) in [6, 6.07) is 1.12. The summed E-state index contributed by atoms with van der Waals surface area (Å²) in [7, 11) is -3.86. The van der Waals surface area contributed by atoms with Crippen LogP contribution in [0.1, 0.15) is 37.8 Å². The summed E-state index contributed by atoms with van der Waals surface area (Å²) in [5.41, 5.74) is 5.16. The first-order chi connectivity index (χ1) is 9.58. The smallest absolute Gasteiger partial charge is 0.241 e. The summed E-state index contributed by atoms with van der Waals surface area (Å²) in [6.07, 6.45) is 0.805. The molecule has 0 saturated carbocycles. The van der Waals surface area contributed by atoms with E-state index >= 15 is 0 Å². The highest BCUT2D eigenvalue weighted by molar-refractivity contribution is 7.89. The second-order valence-electron chi connectivity index (χ2n) is 5.54. The second-order valence-corrected chi connectivity index (χ2v) is 7.16. The van der Waals surface area contributed by atoms with Gasteiger partial charge in [-0.2, -0.15) is 0 Å². The zero-order valence-electron chi connectivity index (χ0n) is 12.8. The lowest BCUT2D eigenvalue weighted by molar-refractivity contribution is 0.233. The fourth-order valence-corrected chi connectivity index (χ4v) is 4.26. The summed E-state index contributed by atoms with van der Waals surface area (Å²) >= 11 is 0. The SMILES string of the molecule is CCC(C)(CCO)NS(=O)(=O)c1c(C)cc(F)c(N)c1C. The molecule has 0 aliphatic rings. The van der Waals surface area contributed by atoms with Gasteiger partial charge < -0.3 is 10.8 Å². The highest BCUT2D eigenvalue weighted by Crippen LogP contribution is 2.29. The third-order valence-corrected chi connectivity index (χ3v) is 5.72. The van der Waals surface area contributed by atoms with E-state index in [0.29, 0.717) is 12.0 Å². The van der Waals surface area contributed by atoms with Crippen molar-refractivity contribution >= 4 is 15.7 Å². The van der Waals surface area contributed by atoms with Gasteiger partial charge in [-0.1, -0.05) is 6.92 Å². The molecule has 1 aromatic rings. The number of rotatable bonds is 6. The van der Waals surface area contributed by atoms with E-state index in [1.54, 1.807) is 6.92 Å². The van der Waals surface area contributed by atoms with Gasteiger partial charge >= 0.3 is 0 Å². The van der Waals surface area contributed by atoms with Crippen LogP contribution >= 0.6 is 0 Å². The molecule has 1 aromatic carbocycles. The lowest BCUT2D eigenvalue weighted by atomic mass is 9.97. The molecule has 0 bridgehead atoms. The zero-order chi connectivity index (χ0) is 16.4. The van der Waals surface area contributed by atoms with E-state index in [2.05, 4.69) is 4.72 Å². The number of hydrogen-bond acceptors (Lipinski definition) is 4. The van der Waals surface area contributed by atoms with Crippen LogP contribution in [0.25, 0.3) is 0 Å². The molecular formula is C14H23FN2O3S. The fourth-order valence-electron chi connectivity index (χ4n) is 2.27. The summed E-state index contributed by atoms with van der Waals surface area (Å²) in [6.45, 7) is 6.43. The number of aliphatic hydroxyl groups is 1. The predicted molar refractivity (Wildman–Crippen MR) is 81.0 cm³/mol. The maximum absolute atomic E-state index is 13.6. The van der Waals surface area contributed by atoms with E-state index in [1.807, 2.05) is 6.92 Å². The van der Waals surface area contributed by atoms with E-state index in [-0.39, 0.29) is 29.2 Å². The maximum Gasteiger partial charge on any atom is 0.241 e. The molecule has 1 unspecified atom stereocenters. The van der Waals surface area contributed by atoms with Crippen molar-refractivity contribution in [3.63, 3.8) is 0 Å². The van der Waals surface area contributed by atoms with Crippen LogP contribution in [0.3, 0.4) is 0 Å². The van der Waals surface area contributed by atoms with E-state index in [4.69, 9.17) is 10.8 Å². The Morgan fingerprint density at radius 1 is 1.43 bits per heavy atom. The van der Waals surface area contributed by atoms with Crippen LogP contribution in [0.4, 0.5) is 10.1 Å². The molecule has 1 atom stereocenters. The number of aryl methyl sites for hydroxylation is 1. The van der Waals surface area contributed by atoms with Crippen molar-refractivity contribution in [3.8, 4) is 0 Å². The van der Waals surface area contributed by atoms with Gasteiger partial charge in [-0.05, 0) is 50.8 Å². The Hall–Kier alpha value is -1.18. The molecule has 4 N–H and O–H groups in total. The lowest BCUT2D eigenvalue weighted by Gasteiger charge is -2.29. The Balaban J connectivity index is 3.36. The molecule has 0 saturated heterocycles. The third kappa shape index (κ3) is 3.72. The monoisotopic (exact) mass is 318 g/mol. The number of benzene rings is 1. The van der Waals surface area contributed by atoms with Gasteiger partial charge in [0.1, 0.15) is 5.82 Å². The van der Waals surface area contributed by atoms with Gasteiger partial charge in [-0.15, -0.1) is 0 Å². The largest absolute Gasteiger partial charge is 0.396 e. The van der Waals surface area contributed by atoms with Gasteiger partial charge in [0.25, 0.3) is 0 Å². The maximum atomic E-state index is 13.6. The zero-order valence-corrected chi connectivity index (χ0v) is 13.6. The molecule has 0 fully saturated rings. The van der Waals surface area contributed by atoms with Crippen LogP contribution in [0, 0.1) is 19.7 Å². The van der Waals surface area contributed by atoms with Crippen LogP contribution in [0.5, 0.6) is 0 Å². The topological polar surface area (TPSA) is 92.4 Å². The number of nitrogens with two attached hydrogens (primary N) is 1. The second kappa shape index (κ2) is 6.29. The molecule has 0 heterocycles. The van der Waals surface area contributed by atoms with E-state index in [0.717, 1.165) is 6.07 Å². The van der Waals surface area contributed by atoms with Gasteiger partial charge in [-0.25, -0.2) is 17.5 Å². The van der Waals surface area contributed by atoms with Gasteiger partial charge in [0.15, 0.2) is 0 Å². The molecule has 0 aliphatic heterocycles. The average Bonchev–Trinajstić information content (AvgIpc) is 2.35. The Morgan fingerprint density at radius 2 is 2.00 bits per heavy atom. The fraction of sp³-hybridized carbons (Fsp3) is 0.571. The Labute approximate surface area is 125 Å². The highest BCUT2D eigenvalue weighted by atomic mass is 32.2. The molecule has 21 heavy (non-hydrogen) atoms. The van der Waals surface area contributed by atoms with Crippen molar-refractivity contribution in [2.75, 3.05) is 12.3 Å². The van der Waals surface area contributed by atoms with Crippen molar-refractivity contribution < 1.29 is 17.9 Å². The molecule has 0 amide bonds. The van der Waals surface area contributed by atoms with E-state index in [1.165, 1.54) is 13.8 Å². The number of halogens is 1. The van der Waals surface area contributed by atoms with Gasteiger partial charge in [-0.3, -0.25) is 0 Å². The molecule has 5 nitrogen and oxygen atoms in total. The van der Waals surface area contributed by atoms with Gasteiger partial charge in [0, 0.05) is 12.1 Å². The molecule has 0 aromatic heterocycles. The molecule has 1 rings (SSSR count). The summed E-state index contributed by atoms with van der Waals surface area (Å²) in [5, 5.41) is 9.09. The molecule has 0 aliphatic carbocycles. The highest BCUT2D eigenvalue weighted by Gasteiger charge is 2.31. The van der Waals surface area contributed by atoms with Crippen molar-refractivity contribution in [2.24, 2.45) is 0 Å². The Morgan fingerprint density at radius 3 is 2.48 bits per heavy atom. The first-order valence-electron chi connectivity index (χ1n) is 6.78. The van der Waals surface area contributed by atoms with Crippen molar-refractivity contribution in [2.45, 2.75) is 51.0 Å². The first-order valence-corrected chi connectivity index (χ1v) is 8.26. The lowest BCUT2D eigenvalue weighted by Crippen LogP contribution is -2.46. The van der Waals surface area contributed by atoms with Crippen LogP contribution in [0.15, 0.2) is 11.0 Å². The van der Waals surface area contributed by atoms with Gasteiger partial charge in [0.05, 0.1) is 10.6 Å². The Bertz CT molecular complexity index is 632. The predicted octanol–water partition coefficient (Wildman–Crippen LogP) is 1.85. The molecular weight excluding hydrogens is 295 g/mol. The van der Waals surface area contributed by atoms with Crippen LogP contribution in [-0.2, 0) is 10.0 Å². The van der Waals surface area contributed by atoms with Crippen molar-refractivity contribution in [1.82, 2.24) is 4.72 Å². The molecule has 120 valence electrons. The summed E-state index contributed by atoms with van der Waals surface area (Å²) in [4.78, 5) is -0.000912. The number of nitrogen functional groups attached to an aromatic ring is 1. The first kappa shape index (κ1) is 17.9. The standard InChI is InChI=1S/C14H23FN2O3S/c1-5-14(4,6-7-18)17-21(19,20)13-9(2)8-11(15)12(16)10(13)3/h8,17-18H,5-7,16H2,1-4H3. The van der Waals surface area contributed by atoms with Crippen LogP contribution in [0.2, 0.25) is 0 Å². The minimum absolute atomic E-state index is 0.000912. The average molecular weight is 318 g/mol. The van der Waals surface area contributed by atoms with E-state index in [9.17, 15) is 12.8 Å². The minimum Gasteiger partial charge on any atom is -0.396 e. The summed E-state index contributed by atoms with van der Waals surface area (Å²) in [5.74, 6) is -0.627. The van der Waals surface area contributed by atoms with Crippen LogP contribution in [-0.4, -0.2) is 25.7 Å². The molecule has 0 spiro atoms. The number of anilines is 1. The summed E-state index contributed by atoms with van der Waals surface area (Å²) < 4.78 is 41.4. The number of aliphatic hydroxyl groups excluding tert-OH is 1.